The number of aromatic nitrogens is 2. The van der Waals surface area contributed by atoms with Gasteiger partial charge in [-0.1, -0.05) is 12.1 Å². The summed E-state index contributed by atoms with van der Waals surface area (Å²) in [4.78, 5) is 18.9. The average Bonchev–Trinajstić information content (AvgIpc) is 3.28. The van der Waals surface area contributed by atoms with E-state index in [4.69, 9.17) is 0 Å². The second-order valence-corrected chi connectivity index (χ2v) is 8.57. The van der Waals surface area contributed by atoms with Gasteiger partial charge < -0.3 is 15.1 Å². The highest BCUT2D eigenvalue weighted by Gasteiger charge is 2.19. The summed E-state index contributed by atoms with van der Waals surface area (Å²) in [5.41, 5.74) is 1.03. The lowest BCUT2D eigenvalue weighted by Gasteiger charge is -2.32. The Morgan fingerprint density at radius 2 is 1.97 bits per heavy atom. The van der Waals surface area contributed by atoms with E-state index in [2.05, 4.69) is 27.3 Å². The molecule has 1 amide bonds. The zero-order chi connectivity index (χ0) is 20.4. The van der Waals surface area contributed by atoms with E-state index in [1.807, 2.05) is 13.1 Å². The molecule has 0 radical (unpaired) electrons. The van der Waals surface area contributed by atoms with Crippen LogP contribution in [-0.2, 0) is 7.05 Å². The van der Waals surface area contributed by atoms with Gasteiger partial charge in [0.2, 0.25) is 0 Å². The largest absolute Gasteiger partial charge is 0.351 e. The molecule has 0 spiro atoms. The van der Waals surface area contributed by atoms with Crippen LogP contribution in [0.3, 0.4) is 0 Å². The van der Waals surface area contributed by atoms with Crippen LogP contribution in [0.2, 0.25) is 0 Å². The molecule has 1 aliphatic rings. The summed E-state index contributed by atoms with van der Waals surface area (Å²) in [6, 6.07) is 8.42. The van der Waals surface area contributed by atoms with E-state index in [1.165, 1.54) is 17.4 Å². The standard InChI is InChI=1S/C21H26FN5OS/c1-25-10-12-27(13-11-25)9-5-8-23-20(28)18-14-16-19(24-26(2)21(16)29-18)15-6-3-4-7-17(15)22/h3-4,6-7,14H,5,8-13H2,1-2H3,(H,23,28). The fourth-order valence-corrected chi connectivity index (χ4v) is 4.66. The third-order valence-electron chi connectivity index (χ3n) is 5.40. The van der Waals surface area contributed by atoms with Crippen molar-refractivity contribution >= 4 is 27.5 Å². The van der Waals surface area contributed by atoms with Crippen molar-refractivity contribution in [3.8, 4) is 11.3 Å². The van der Waals surface area contributed by atoms with Gasteiger partial charge in [0.25, 0.3) is 5.91 Å². The number of fused-ring (bicyclic) bond motifs is 1. The number of nitrogens with zero attached hydrogens (tertiary/aromatic N) is 4. The molecule has 0 bridgehead atoms. The van der Waals surface area contributed by atoms with E-state index in [1.54, 1.807) is 22.9 Å². The zero-order valence-electron chi connectivity index (χ0n) is 16.8. The van der Waals surface area contributed by atoms with Crippen LogP contribution in [0.1, 0.15) is 16.1 Å². The lowest BCUT2D eigenvalue weighted by atomic mass is 10.1. The van der Waals surface area contributed by atoms with Gasteiger partial charge in [0.1, 0.15) is 16.3 Å². The SMILES string of the molecule is CN1CCN(CCCNC(=O)c2cc3c(-c4ccccc4F)nn(C)c3s2)CC1. The average molecular weight is 416 g/mol. The Kier molecular flexibility index (Phi) is 5.94. The number of carbonyl (C=O) groups is 1. The first-order chi connectivity index (χ1) is 14.0. The third kappa shape index (κ3) is 4.34. The Balaban J connectivity index is 1.40. The Morgan fingerprint density at radius 1 is 1.21 bits per heavy atom. The second-order valence-electron chi connectivity index (χ2n) is 7.54. The molecule has 1 saturated heterocycles. The lowest BCUT2D eigenvalue weighted by Crippen LogP contribution is -2.45. The van der Waals surface area contributed by atoms with Gasteiger partial charge in [0.15, 0.2) is 0 Å². The monoisotopic (exact) mass is 415 g/mol. The predicted octanol–water partition coefficient (Wildman–Crippen LogP) is 2.81. The highest BCUT2D eigenvalue weighted by molar-refractivity contribution is 7.20. The van der Waals surface area contributed by atoms with Crippen LogP contribution in [0.15, 0.2) is 30.3 Å². The Morgan fingerprint density at radius 3 is 2.72 bits per heavy atom. The van der Waals surface area contributed by atoms with Crippen LogP contribution in [-0.4, -0.2) is 71.8 Å². The van der Waals surface area contributed by atoms with Crippen LogP contribution >= 0.6 is 11.3 Å². The zero-order valence-corrected chi connectivity index (χ0v) is 17.6. The number of thiophene rings is 1. The van der Waals surface area contributed by atoms with Gasteiger partial charge >= 0.3 is 0 Å². The summed E-state index contributed by atoms with van der Waals surface area (Å²) in [5.74, 6) is -0.391. The molecule has 3 heterocycles. The van der Waals surface area contributed by atoms with E-state index in [0.717, 1.165) is 49.4 Å². The maximum absolute atomic E-state index is 14.2. The number of nitrogens with one attached hydrogen (secondary N) is 1. The minimum absolute atomic E-state index is 0.0796. The van der Waals surface area contributed by atoms with Gasteiger partial charge in [0, 0.05) is 50.7 Å². The molecule has 1 aromatic carbocycles. The summed E-state index contributed by atoms with van der Waals surface area (Å²) >= 11 is 1.39. The quantitative estimate of drug-likeness (QED) is 0.629. The number of aryl methyl sites for hydroxylation is 1. The van der Waals surface area contributed by atoms with Crippen molar-refractivity contribution in [2.24, 2.45) is 7.05 Å². The molecule has 6 nitrogen and oxygen atoms in total. The number of piperazine rings is 1. The molecule has 1 N–H and O–H groups in total. The molecule has 3 aromatic rings. The van der Waals surface area contributed by atoms with Crippen LogP contribution < -0.4 is 5.32 Å². The van der Waals surface area contributed by atoms with Crippen molar-refractivity contribution in [1.29, 1.82) is 0 Å². The van der Waals surface area contributed by atoms with Gasteiger partial charge in [-0.25, -0.2) is 4.39 Å². The molecule has 1 aliphatic heterocycles. The molecule has 4 rings (SSSR count). The molecule has 8 heteroatoms. The molecule has 29 heavy (non-hydrogen) atoms. The predicted molar refractivity (Wildman–Crippen MR) is 115 cm³/mol. The molecule has 0 saturated carbocycles. The van der Waals surface area contributed by atoms with E-state index in [0.29, 0.717) is 22.7 Å². The van der Waals surface area contributed by atoms with E-state index in [9.17, 15) is 9.18 Å². The van der Waals surface area contributed by atoms with Crippen molar-refractivity contribution in [2.75, 3.05) is 46.3 Å². The molecule has 1 fully saturated rings. The van der Waals surface area contributed by atoms with Gasteiger partial charge in [0.05, 0.1) is 4.88 Å². The Hall–Kier alpha value is -2.29. The minimum atomic E-state index is -0.311. The number of rotatable bonds is 6. The van der Waals surface area contributed by atoms with Crippen LogP contribution in [0.4, 0.5) is 4.39 Å². The van der Waals surface area contributed by atoms with Gasteiger partial charge in [-0.05, 0) is 38.2 Å². The fraction of sp³-hybridized carbons (Fsp3) is 0.429. The highest BCUT2D eigenvalue weighted by atomic mass is 32.1. The summed E-state index contributed by atoms with van der Waals surface area (Å²) in [6.45, 7) is 6.04. The van der Waals surface area contributed by atoms with Crippen molar-refractivity contribution < 1.29 is 9.18 Å². The number of likely N-dealkylation sites (N-methyl/N-ethyl adjacent to an activating group) is 1. The molecule has 0 atom stereocenters. The van der Waals surface area contributed by atoms with Gasteiger partial charge in [-0.2, -0.15) is 5.10 Å². The van der Waals surface area contributed by atoms with Crippen molar-refractivity contribution in [2.45, 2.75) is 6.42 Å². The first kappa shape index (κ1) is 20.0. The van der Waals surface area contributed by atoms with Crippen LogP contribution in [0, 0.1) is 5.82 Å². The maximum Gasteiger partial charge on any atom is 0.261 e. The van der Waals surface area contributed by atoms with Crippen molar-refractivity contribution in [3.63, 3.8) is 0 Å². The third-order valence-corrected chi connectivity index (χ3v) is 6.60. The number of carbonyl (C=O) groups excluding carboxylic acids is 1. The molecular formula is C21H26FN5OS. The number of hydrogen-bond acceptors (Lipinski definition) is 5. The lowest BCUT2D eigenvalue weighted by molar-refractivity contribution is 0.0953. The number of halogens is 1. The number of hydrogen-bond donors (Lipinski definition) is 1. The van der Waals surface area contributed by atoms with Gasteiger partial charge in [-0.3, -0.25) is 9.48 Å². The smallest absolute Gasteiger partial charge is 0.261 e. The Bertz CT molecular complexity index is 1010. The molecular weight excluding hydrogens is 389 g/mol. The fourth-order valence-electron chi connectivity index (χ4n) is 3.67. The number of amides is 1. The normalized spacial score (nSPS) is 15.8. The first-order valence-corrected chi connectivity index (χ1v) is 10.7. The minimum Gasteiger partial charge on any atom is -0.351 e. The summed E-state index contributed by atoms with van der Waals surface area (Å²) in [5, 5.41) is 8.29. The molecule has 0 unspecified atom stereocenters. The number of benzene rings is 1. The molecule has 2 aromatic heterocycles. The van der Waals surface area contributed by atoms with Gasteiger partial charge in [-0.15, -0.1) is 11.3 Å². The second kappa shape index (κ2) is 8.61. The van der Waals surface area contributed by atoms with Crippen molar-refractivity contribution in [1.82, 2.24) is 24.9 Å². The highest BCUT2D eigenvalue weighted by Crippen LogP contribution is 2.34. The van der Waals surface area contributed by atoms with E-state index >= 15 is 0 Å². The molecule has 154 valence electrons. The van der Waals surface area contributed by atoms with E-state index < -0.39 is 0 Å². The van der Waals surface area contributed by atoms with Crippen LogP contribution in [0.25, 0.3) is 21.5 Å². The summed E-state index contributed by atoms with van der Waals surface area (Å²) in [7, 11) is 3.97. The first-order valence-electron chi connectivity index (χ1n) is 9.93. The maximum atomic E-state index is 14.2. The van der Waals surface area contributed by atoms with Crippen molar-refractivity contribution in [3.05, 3.63) is 41.0 Å². The Labute approximate surface area is 173 Å². The topological polar surface area (TPSA) is 53.4 Å². The summed E-state index contributed by atoms with van der Waals surface area (Å²) < 4.78 is 15.9. The molecule has 0 aliphatic carbocycles. The summed E-state index contributed by atoms with van der Waals surface area (Å²) in [6.07, 6.45) is 0.933. The van der Waals surface area contributed by atoms with Crippen LogP contribution in [0.5, 0.6) is 0 Å². The van der Waals surface area contributed by atoms with E-state index in [-0.39, 0.29) is 11.7 Å².